The Balaban J connectivity index is 1.54. The lowest BCUT2D eigenvalue weighted by molar-refractivity contribution is 0.419. The molecular weight excluding hydrogens is 276 g/mol. The van der Waals surface area contributed by atoms with Crippen LogP contribution in [0, 0.1) is 0 Å². The zero-order valence-electron chi connectivity index (χ0n) is 12.4. The molecule has 1 aliphatic rings. The van der Waals surface area contributed by atoms with Crippen molar-refractivity contribution >= 4 is 11.3 Å². The maximum Gasteiger partial charge on any atom is 0.0460 e. The number of nitrogens with one attached hydrogen (secondary N) is 1. The number of hydrogen-bond donors (Lipinski definition) is 2. The summed E-state index contributed by atoms with van der Waals surface area (Å²) in [6, 6.07) is 13.7. The fourth-order valence-corrected chi connectivity index (χ4v) is 3.77. The van der Waals surface area contributed by atoms with E-state index in [1.54, 1.807) is 0 Å². The van der Waals surface area contributed by atoms with Gasteiger partial charge in [0.25, 0.3) is 0 Å². The topological polar surface area (TPSA) is 38.0 Å². The molecule has 1 aromatic carbocycles. The molecule has 1 saturated carbocycles. The summed E-state index contributed by atoms with van der Waals surface area (Å²) in [7, 11) is 0. The predicted molar refractivity (Wildman–Crippen MR) is 90.4 cm³/mol. The van der Waals surface area contributed by atoms with Gasteiger partial charge >= 0.3 is 0 Å². The van der Waals surface area contributed by atoms with Crippen molar-refractivity contribution in [2.75, 3.05) is 0 Å². The van der Waals surface area contributed by atoms with Gasteiger partial charge in [-0.25, -0.2) is 0 Å². The molecule has 21 heavy (non-hydrogen) atoms. The molecular formula is C18H24N2S. The van der Waals surface area contributed by atoms with E-state index in [9.17, 15) is 0 Å². The van der Waals surface area contributed by atoms with Gasteiger partial charge in [-0.1, -0.05) is 36.8 Å². The molecule has 3 N–H and O–H groups in total. The molecule has 1 heterocycles. The van der Waals surface area contributed by atoms with Gasteiger partial charge in [0.1, 0.15) is 0 Å². The molecule has 112 valence electrons. The van der Waals surface area contributed by atoms with Crippen molar-refractivity contribution in [1.82, 2.24) is 5.43 Å². The first-order valence-electron chi connectivity index (χ1n) is 7.95. The van der Waals surface area contributed by atoms with Crippen LogP contribution >= 0.6 is 11.3 Å². The normalized spacial score (nSPS) is 16.6. The van der Waals surface area contributed by atoms with Crippen LogP contribution in [0.25, 0.3) is 0 Å². The Labute approximate surface area is 131 Å². The van der Waals surface area contributed by atoms with Gasteiger partial charge in [-0.15, -0.1) is 11.3 Å². The first-order chi connectivity index (χ1) is 10.4. The van der Waals surface area contributed by atoms with Gasteiger partial charge in [0.15, 0.2) is 0 Å². The van der Waals surface area contributed by atoms with Crippen molar-refractivity contribution in [1.29, 1.82) is 0 Å². The molecule has 3 rings (SSSR count). The quantitative estimate of drug-likeness (QED) is 0.582. The van der Waals surface area contributed by atoms with Crippen LogP contribution in [0.4, 0.5) is 0 Å². The van der Waals surface area contributed by atoms with Crippen LogP contribution in [-0.2, 0) is 6.42 Å². The Morgan fingerprint density at radius 2 is 2.00 bits per heavy atom. The van der Waals surface area contributed by atoms with E-state index in [2.05, 4.69) is 47.2 Å². The van der Waals surface area contributed by atoms with Crippen molar-refractivity contribution < 1.29 is 0 Å². The third-order valence-corrected chi connectivity index (χ3v) is 5.55. The molecule has 0 bridgehead atoms. The summed E-state index contributed by atoms with van der Waals surface area (Å²) in [5.74, 6) is 6.56. The number of hydrazine groups is 1. The standard InChI is InChI=1S/C18H24N2S/c19-20-18(8-2-6-17-7-3-13-21-17)16-11-9-15(10-12-16)14-4-1-5-14/h3,7,9-14,18,20H,1-2,4-6,8,19H2. The van der Waals surface area contributed by atoms with Gasteiger partial charge in [-0.3, -0.25) is 11.3 Å². The highest BCUT2D eigenvalue weighted by molar-refractivity contribution is 7.09. The van der Waals surface area contributed by atoms with Gasteiger partial charge in [0, 0.05) is 10.9 Å². The van der Waals surface area contributed by atoms with E-state index >= 15 is 0 Å². The van der Waals surface area contributed by atoms with Gasteiger partial charge in [0.2, 0.25) is 0 Å². The number of hydrogen-bond acceptors (Lipinski definition) is 3. The van der Waals surface area contributed by atoms with Crippen LogP contribution in [0.1, 0.15) is 60.1 Å². The lowest BCUT2D eigenvalue weighted by atomic mass is 9.80. The minimum Gasteiger partial charge on any atom is -0.271 e. The number of rotatable bonds is 7. The van der Waals surface area contributed by atoms with Crippen LogP contribution in [0.3, 0.4) is 0 Å². The zero-order chi connectivity index (χ0) is 14.5. The summed E-state index contributed by atoms with van der Waals surface area (Å²) in [5, 5.41) is 2.15. The monoisotopic (exact) mass is 300 g/mol. The molecule has 0 saturated heterocycles. The summed E-state index contributed by atoms with van der Waals surface area (Å²) < 4.78 is 0. The lowest BCUT2D eigenvalue weighted by Crippen LogP contribution is -2.28. The van der Waals surface area contributed by atoms with Crippen molar-refractivity contribution in [2.24, 2.45) is 5.84 Å². The second-order valence-electron chi connectivity index (χ2n) is 5.99. The third kappa shape index (κ3) is 3.73. The summed E-state index contributed by atoms with van der Waals surface area (Å²) in [6.45, 7) is 0. The molecule has 2 nitrogen and oxygen atoms in total. The summed E-state index contributed by atoms with van der Waals surface area (Å²) in [6.07, 6.45) is 7.51. The number of thiophene rings is 1. The number of benzene rings is 1. The van der Waals surface area contributed by atoms with E-state index in [1.807, 2.05) is 11.3 Å². The molecule has 1 unspecified atom stereocenters. The minimum absolute atomic E-state index is 0.264. The summed E-state index contributed by atoms with van der Waals surface area (Å²) in [4.78, 5) is 1.46. The molecule has 1 fully saturated rings. The largest absolute Gasteiger partial charge is 0.271 e. The Bertz CT molecular complexity index is 529. The van der Waals surface area contributed by atoms with Crippen LogP contribution in [-0.4, -0.2) is 0 Å². The number of aryl methyl sites for hydroxylation is 1. The fourth-order valence-electron chi connectivity index (χ4n) is 3.02. The van der Waals surface area contributed by atoms with E-state index in [0.717, 1.165) is 18.8 Å². The molecule has 3 heteroatoms. The van der Waals surface area contributed by atoms with E-state index in [-0.39, 0.29) is 6.04 Å². The minimum atomic E-state index is 0.264. The first-order valence-corrected chi connectivity index (χ1v) is 8.83. The molecule has 0 spiro atoms. The van der Waals surface area contributed by atoms with Crippen molar-refractivity contribution in [3.05, 3.63) is 57.8 Å². The predicted octanol–water partition coefficient (Wildman–Crippen LogP) is 4.54. The van der Waals surface area contributed by atoms with Crippen molar-refractivity contribution in [2.45, 2.75) is 50.5 Å². The summed E-state index contributed by atoms with van der Waals surface area (Å²) >= 11 is 1.84. The average molecular weight is 300 g/mol. The fraction of sp³-hybridized carbons (Fsp3) is 0.444. The van der Waals surface area contributed by atoms with Crippen molar-refractivity contribution in [3.8, 4) is 0 Å². The Morgan fingerprint density at radius 1 is 1.19 bits per heavy atom. The molecule has 0 radical (unpaired) electrons. The zero-order valence-corrected chi connectivity index (χ0v) is 13.2. The van der Waals surface area contributed by atoms with Crippen molar-refractivity contribution in [3.63, 3.8) is 0 Å². The first kappa shape index (κ1) is 14.8. The lowest BCUT2D eigenvalue weighted by Gasteiger charge is -2.26. The van der Waals surface area contributed by atoms with Gasteiger partial charge in [-0.2, -0.15) is 0 Å². The molecule has 1 atom stereocenters. The maximum atomic E-state index is 5.75. The van der Waals surface area contributed by atoms with E-state index in [1.165, 1.54) is 41.7 Å². The highest BCUT2D eigenvalue weighted by Gasteiger charge is 2.19. The van der Waals surface area contributed by atoms with Gasteiger partial charge < -0.3 is 0 Å². The number of nitrogens with two attached hydrogens (primary N) is 1. The van der Waals surface area contributed by atoms with E-state index < -0.39 is 0 Å². The van der Waals surface area contributed by atoms with Crippen LogP contribution in [0.2, 0.25) is 0 Å². The molecule has 2 aromatic rings. The molecule has 1 aliphatic carbocycles. The van der Waals surface area contributed by atoms with E-state index in [0.29, 0.717) is 0 Å². The smallest absolute Gasteiger partial charge is 0.0460 e. The SMILES string of the molecule is NNC(CCCc1cccs1)c1ccc(C2CCC2)cc1. The molecule has 1 aromatic heterocycles. The second kappa shape index (κ2) is 7.21. The maximum absolute atomic E-state index is 5.75. The Morgan fingerprint density at radius 3 is 2.57 bits per heavy atom. The summed E-state index contributed by atoms with van der Waals surface area (Å²) in [5.41, 5.74) is 5.79. The van der Waals surface area contributed by atoms with Crippen LogP contribution < -0.4 is 11.3 Å². The highest BCUT2D eigenvalue weighted by Crippen LogP contribution is 2.36. The Hall–Kier alpha value is -1.16. The van der Waals surface area contributed by atoms with Crippen LogP contribution in [0.5, 0.6) is 0 Å². The van der Waals surface area contributed by atoms with Crippen LogP contribution in [0.15, 0.2) is 41.8 Å². The average Bonchev–Trinajstić information content (AvgIpc) is 2.96. The second-order valence-corrected chi connectivity index (χ2v) is 7.02. The van der Waals surface area contributed by atoms with Gasteiger partial charge in [0.05, 0.1) is 0 Å². The highest BCUT2D eigenvalue weighted by atomic mass is 32.1. The van der Waals surface area contributed by atoms with E-state index in [4.69, 9.17) is 5.84 Å². The van der Waals surface area contributed by atoms with Gasteiger partial charge in [-0.05, 0) is 60.6 Å². The molecule has 0 aliphatic heterocycles. The third-order valence-electron chi connectivity index (χ3n) is 4.61. The Kier molecular flexibility index (Phi) is 5.07. The molecule has 0 amide bonds.